The van der Waals surface area contributed by atoms with Crippen molar-refractivity contribution in [3.63, 3.8) is 0 Å². The lowest BCUT2D eigenvalue weighted by Crippen LogP contribution is -2.31. The van der Waals surface area contributed by atoms with Crippen LogP contribution in [0.5, 0.6) is 0 Å². The van der Waals surface area contributed by atoms with Crippen molar-refractivity contribution >= 4 is 28.9 Å². The largest absolute Gasteiger partial charge is 0.387 e. The van der Waals surface area contributed by atoms with Gasteiger partial charge >= 0.3 is 0 Å². The Morgan fingerprint density at radius 3 is 2.81 bits per heavy atom. The zero-order valence-corrected chi connectivity index (χ0v) is 14.4. The summed E-state index contributed by atoms with van der Waals surface area (Å²) in [4.78, 5) is 31.3. The Kier molecular flexibility index (Phi) is 4.16. The van der Waals surface area contributed by atoms with E-state index in [0.717, 1.165) is 16.8 Å². The van der Waals surface area contributed by atoms with E-state index in [9.17, 15) is 9.59 Å². The molecule has 0 aliphatic carbocycles. The average Bonchev–Trinajstić information content (AvgIpc) is 3.16. The highest BCUT2D eigenvalue weighted by Gasteiger charge is 2.28. The van der Waals surface area contributed by atoms with Crippen LogP contribution in [0.3, 0.4) is 0 Å². The molecular formula is C20H19N3O3. The number of anilines is 2. The number of hydrogen-bond donors (Lipinski definition) is 1. The topological polar surface area (TPSA) is 71.0 Å². The maximum absolute atomic E-state index is 12.5. The molecule has 0 saturated carbocycles. The smallest absolute Gasteiger partial charge is 0.273 e. The number of fused-ring (bicyclic) bond motifs is 1. The Morgan fingerprint density at radius 1 is 1.19 bits per heavy atom. The summed E-state index contributed by atoms with van der Waals surface area (Å²) in [7, 11) is 1.77. The number of aryl methyl sites for hydroxylation is 1. The van der Waals surface area contributed by atoms with E-state index in [1.54, 1.807) is 18.0 Å². The van der Waals surface area contributed by atoms with Gasteiger partial charge in [0.1, 0.15) is 5.71 Å². The minimum Gasteiger partial charge on any atom is -0.387 e. The normalized spacial score (nSPS) is 18.8. The van der Waals surface area contributed by atoms with E-state index in [4.69, 9.17) is 4.84 Å². The SMILES string of the molecule is CN1C(=O)CCc2cc(NC(=O)C3=NO[C@H](c4ccccc4)C3)ccc21. The first-order valence-electron chi connectivity index (χ1n) is 8.60. The molecule has 2 aliphatic rings. The number of carbonyl (C=O) groups is 2. The molecule has 2 aromatic carbocycles. The lowest BCUT2D eigenvalue weighted by molar-refractivity contribution is -0.118. The van der Waals surface area contributed by atoms with Gasteiger partial charge in [0.25, 0.3) is 5.91 Å². The number of oxime groups is 1. The van der Waals surface area contributed by atoms with Crippen molar-refractivity contribution in [2.75, 3.05) is 17.3 Å². The first kappa shape index (κ1) is 16.3. The molecule has 0 saturated heterocycles. The first-order chi connectivity index (χ1) is 12.6. The van der Waals surface area contributed by atoms with Crippen LogP contribution in [0.2, 0.25) is 0 Å². The van der Waals surface area contributed by atoms with Crippen LogP contribution in [0.1, 0.15) is 30.1 Å². The predicted octanol–water partition coefficient (Wildman–Crippen LogP) is 3.05. The molecule has 1 N–H and O–H groups in total. The Bertz CT molecular complexity index is 892. The Hall–Kier alpha value is -3.15. The van der Waals surface area contributed by atoms with Crippen LogP contribution < -0.4 is 10.2 Å². The molecule has 0 fully saturated rings. The van der Waals surface area contributed by atoms with Crippen LogP contribution in [0.15, 0.2) is 53.7 Å². The second-order valence-electron chi connectivity index (χ2n) is 6.50. The number of hydrogen-bond acceptors (Lipinski definition) is 4. The van der Waals surface area contributed by atoms with E-state index in [-0.39, 0.29) is 17.9 Å². The molecule has 4 rings (SSSR count). The summed E-state index contributed by atoms with van der Waals surface area (Å²) >= 11 is 0. The number of nitrogens with one attached hydrogen (secondary N) is 1. The third kappa shape index (κ3) is 3.06. The van der Waals surface area contributed by atoms with Crippen molar-refractivity contribution in [1.29, 1.82) is 0 Å². The maximum atomic E-state index is 12.5. The summed E-state index contributed by atoms with van der Waals surface area (Å²) in [6.45, 7) is 0. The molecule has 0 bridgehead atoms. The van der Waals surface area contributed by atoms with E-state index in [0.29, 0.717) is 30.7 Å². The molecule has 132 valence electrons. The van der Waals surface area contributed by atoms with E-state index < -0.39 is 0 Å². The zero-order valence-electron chi connectivity index (χ0n) is 14.4. The highest BCUT2D eigenvalue weighted by Crippen LogP contribution is 2.30. The molecule has 1 atom stereocenters. The first-order valence-corrected chi connectivity index (χ1v) is 8.60. The van der Waals surface area contributed by atoms with Gasteiger partial charge in [0, 0.05) is 31.3 Å². The van der Waals surface area contributed by atoms with Gasteiger partial charge in [0.15, 0.2) is 6.10 Å². The highest BCUT2D eigenvalue weighted by atomic mass is 16.6. The number of amides is 2. The minimum atomic E-state index is -0.261. The number of nitrogens with zero attached hydrogens (tertiary/aromatic N) is 2. The minimum absolute atomic E-state index is 0.110. The van der Waals surface area contributed by atoms with Gasteiger partial charge in [-0.1, -0.05) is 35.5 Å². The third-order valence-electron chi connectivity index (χ3n) is 4.78. The molecule has 2 aliphatic heterocycles. The molecule has 2 heterocycles. The molecule has 2 aromatic rings. The van der Waals surface area contributed by atoms with Gasteiger partial charge in [-0.2, -0.15) is 0 Å². The van der Waals surface area contributed by atoms with E-state index in [1.807, 2.05) is 42.5 Å². The Morgan fingerprint density at radius 2 is 2.00 bits per heavy atom. The molecule has 6 nitrogen and oxygen atoms in total. The quantitative estimate of drug-likeness (QED) is 0.926. The average molecular weight is 349 g/mol. The van der Waals surface area contributed by atoms with E-state index >= 15 is 0 Å². The fourth-order valence-corrected chi connectivity index (χ4v) is 3.30. The van der Waals surface area contributed by atoms with Gasteiger partial charge in [-0.05, 0) is 35.7 Å². The van der Waals surface area contributed by atoms with Crippen LogP contribution in [0, 0.1) is 0 Å². The van der Waals surface area contributed by atoms with Gasteiger partial charge in [0.2, 0.25) is 5.91 Å². The molecule has 2 amide bonds. The van der Waals surface area contributed by atoms with Gasteiger partial charge < -0.3 is 15.1 Å². The lowest BCUT2D eigenvalue weighted by atomic mass is 10.0. The highest BCUT2D eigenvalue weighted by molar-refractivity contribution is 6.43. The predicted molar refractivity (Wildman–Crippen MR) is 99.1 cm³/mol. The third-order valence-corrected chi connectivity index (χ3v) is 4.78. The summed E-state index contributed by atoms with van der Waals surface area (Å²) < 4.78 is 0. The summed E-state index contributed by atoms with van der Waals surface area (Å²) in [5.41, 5.74) is 4.02. The summed E-state index contributed by atoms with van der Waals surface area (Å²) in [6, 6.07) is 15.3. The standard InChI is InChI=1S/C20H19N3O3/c1-23-17-9-8-15(11-14(17)7-10-19(23)24)21-20(25)16-12-18(26-22-16)13-5-3-2-4-6-13/h2-6,8-9,11,18H,7,10,12H2,1H3,(H,21,25)/t18-/m0/s1. The summed E-state index contributed by atoms with van der Waals surface area (Å²) in [5, 5.41) is 6.83. The Balaban J connectivity index is 1.44. The van der Waals surface area contributed by atoms with E-state index in [2.05, 4.69) is 10.5 Å². The van der Waals surface area contributed by atoms with Crippen LogP contribution in [0.25, 0.3) is 0 Å². The molecule has 26 heavy (non-hydrogen) atoms. The van der Waals surface area contributed by atoms with Crippen molar-refractivity contribution in [1.82, 2.24) is 0 Å². The van der Waals surface area contributed by atoms with Crippen LogP contribution in [0.4, 0.5) is 11.4 Å². The number of rotatable bonds is 3. The Labute approximate surface area is 151 Å². The van der Waals surface area contributed by atoms with Gasteiger partial charge in [0.05, 0.1) is 0 Å². The van der Waals surface area contributed by atoms with Crippen molar-refractivity contribution in [3.8, 4) is 0 Å². The molecule has 0 unspecified atom stereocenters. The second-order valence-corrected chi connectivity index (χ2v) is 6.50. The van der Waals surface area contributed by atoms with Gasteiger partial charge in [-0.15, -0.1) is 0 Å². The fraction of sp³-hybridized carbons (Fsp3) is 0.250. The second kappa shape index (κ2) is 6.63. The van der Waals surface area contributed by atoms with Gasteiger partial charge in [-0.25, -0.2) is 0 Å². The molecule has 0 spiro atoms. The number of benzene rings is 2. The lowest BCUT2D eigenvalue weighted by Gasteiger charge is -2.26. The van der Waals surface area contributed by atoms with Crippen LogP contribution in [-0.4, -0.2) is 24.6 Å². The molecular weight excluding hydrogens is 330 g/mol. The fourth-order valence-electron chi connectivity index (χ4n) is 3.30. The molecule has 6 heteroatoms. The van der Waals surface area contributed by atoms with Crippen molar-refractivity contribution in [2.24, 2.45) is 5.16 Å². The van der Waals surface area contributed by atoms with Crippen molar-refractivity contribution in [3.05, 3.63) is 59.7 Å². The summed E-state index contributed by atoms with van der Waals surface area (Å²) in [6.07, 6.45) is 1.39. The van der Waals surface area contributed by atoms with E-state index in [1.165, 1.54) is 0 Å². The zero-order chi connectivity index (χ0) is 18.1. The summed E-state index contributed by atoms with van der Waals surface area (Å²) in [5.74, 6) is -0.151. The van der Waals surface area contributed by atoms with Gasteiger partial charge in [-0.3, -0.25) is 9.59 Å². The monoisotopic (exact) mass is 349 g/mol. The van der Waals surface area contributed by atoms with Crippen molar-refractivity contribution < 1.29 is 14.4 Å². The molecule has 0 radical (unpaired) electrons. The van der Waals surface area contributed by atoms with Crippen LogP contribution in [-0.2, 0) is 20.8 Å². The maximum Gasteiger partial charge on any atom is 0.273 e. The molecule has 0 aromatic heterocycles. The number of carbonyl (C=O) groups excluding carboxylic acids is 2. The van der Waals surface area contributed by atoms with Crippen LogP contribution >= 0.6 is 0 Å². The van der Waals surface area contributed by atoms with Crippen molar-refractivity contribution in [2.45, 2.75) is 25.4 Å².